The van der Waals surface area contributed by atoms with E-state index < -0.39 is 48.7 Å². The first kappa shape index (κ1) is 28.3. The van der Waals surface area contributed by atoms with E-state index in [2.05, 4.69) is 10.3 Å². The monoisotopic (exact) mass is 506 g/mol. The van der Waals surface area contributed by atoms with Gasteiger partial charge in [0.2, 0.25) is 6.79 Å². The number of halogens is 1. The van der Waals surface area contributed by atoms with E-state index in [1.54, 1.807) is 13.0 Å². The Labute approximate surface area is 209 Å². The molecule has 0 bridgehead atoms. The van der Waals surface area contributed by atoms with Crippen LogP contribution >= 0.6 is 0 Å². The van der Waals surface area contributed by atoms with Gasteiger partial charge < -0.3 is 29.0 Å². The lowest BCUT2D eigenvalue weighted by molar-refractivity contribution is -0.158. The summed E-state index contributed by atoms with van der Waals surface area (Å²) in [6.07, 6.45) is 0.0491. The Bertz CT molecular complexity index is 1060. The van der Waals surface area contributed by atoms with Crippen LogP contribution in [0.3, 0.4) is 0 Å². The Kier molecular flexibility index (Phi) is 10.4. The van der Waals surface area contributed by atoms with Crippen LogP contribution in [-0.4, -0.2) is 55.0 Å². The first-order chi connectivity index (χ1) is 17.0. The van der Waals surface area contributed by atoms with Crippen molar-refractivity contribution < 1.29 is 42.5 Å². The molecular formula is C25H31FN2O8. The van der Waals surface area contributed by atoms with Crippen molar-refractivity contribution in [2.45, 2.75) is 52.9 Å². The number of carbonyl (C=O) groups excluding carboxylic acids is 3. The minimum Gasteiger partial charge on any atom is -0.493 e. The number of methoxy groups -OCH3 is 1. The largest absolute Gasteiger partial charge is 0.493 e. The molecule has 0 fully saturated rings. The number of pyridine rings is 1. The molecule has 1 N–H and O–H groups in total. The second kappa shape index (κ2) is 13.3. The van der Waals surface area contributed by atoms with Gasteiger partial charge >= 0.3 is 11.9 Å². The second-order valence-corrected chi connectivity index (χ2v) is 8.21. The lowest BCUT2D eigenvalue weighted by Gasteiger charge is -2.29. The Morgan fingerprint density at radius 1 is 1.11 bits per heavy atom. The van der Waals surface area contributed by atoms with Crippen LogP contribution in [0.4, 0.5) is 4.39 Å². The summed E-state index contributed by atoms with van der Waals surface area (Å²) in [6.45, 7) is 7.60. The van der Waals surface area contributed by atoms with Crippen LogP contribution in [-0.2, 0) is 19.1 Å². The normalized spacial score (nSPS) is 13.2. The highest BCUT2D eigenvalue weighted by atomic mass is 19.1. The number of hydrogen-bond acceptors (Lipinski definition) is 9. The van der Waals surface area contributed by atoms with Crippen LogP contribution in [0.25, 0.3) is 0 Å². The molecule has 10 nitrogen and oxygen atoms in total. The van der Waals surface area contributed by atoms with Gasteiger partial charge in [0.25, 0.3) is 5.91 Å². The zero-order valence-corrected chi connectivity index (χ0v) is 21.1. The van der Waals surface area contributed by atoms with Crippen LogP contribution in [0.15, 0.2) is 36.5 Å². The third kappa shape index (κ3) is 8.10. The molecule has 0 saturated heterocycles. The van der Waals surface area contributed by atoms with Gasteiger partial charge in [-0.2, -0.15) is 0 Å². The highest BCUT2D eigenvalue weighted by Gasteiger charge is 2.30. The van der Waals surface area contributed by atoms with Gasteiger partial charge in [0.15, 0.2) is 17.2 Å². The van der Waals surface area contributed by atoms with Crippen molar-refractivity contribution in [2.24, 2.45) is 5.92 Å². The number of aromatic nitrogens is 1. The molecule has 0 saturated carbocycles. The predicted octanol–water partition coefficient (Wildman–Crippen LogP) is 3.28. The molecule has 0 aliphatic heterocycles. The molecule has 0 radical (unpaired) electrons. The zero-order chi connectivity index (χ0) is 26.8. The number of nitrogens with zero attached hydrogens (tertiary/aromatic N) is 1. The van der Waals surface area contributed by atoms with Gasteiger partial charge in [-0.3, -0.25) is 9.59 Å². The maximum atomic E-state index is 13.5. The molecule has 3 atom stereocenters. The molecule has 1 amide bonds. The van der Waals surface area contributed by atoms with E-state index in [-0.39, 0.29) is 23.1 Å². The number of benzene rings is 1. The van der Waals surface area contributed by atoms with Crippen LogP contribution in [0.2, 0.25) is 0 Å². The molecule has 1 unspecified atom stereocenters. The van der Waals surface area contributed by atoms with Crippen LogP contribution in [0.1, 0.15) is 45.1 Å². The smallest absolute Gasteiger partial charge is 0.328 e. The lowest BCUT2D eigenvalue weighted by Crippen LogP contribution is -2.45. The van der Waals surface area contributed by atoms with E-state index in [4.69, 9.17) is 23.7 Å². The van der Waals surface area contributed by atoms with Crippen LogP contribution in [0, 0.1) is 11.7 Å². The van der Waals surface area contributed by atoms with Gasteiger partial charge in [-0.15, -0.1) is 0 Å². The number of ether oxygens (including phenoxy) is 5. The lowest BCUT2D eigenvalue weighted by atomic mass is 10.0. The highest BCUT2D eigenvalue weighted by Crippen LogP contribution is 2.29. The van der Waals surface area contributed by atoms with E-state index in [9.17, 15) is 18.8 Å². The third-order valence-corrected chi connectivity index (χ3v) is 4.96. The molecule has 0 spiro atoms. The molecule has 36 heavy (non-hydrogen) atoms. The van der Waals surface area contributed by atoms with Crippen LogP contribution < -0.4 is 19.5 Å². The Morgan fingerprint density at radius 2 is 1.83 bits per heavy atom. The van der Waals surface area contributed by atoms with Gasteiger partial charge in [0.05, 0.1) is 7.11 Å². The fourth-order valence-electron chi connectivity index (χ4n) is 3.22. The standard InChI is InChI=1S/C25H31FN2O8/c1-14(2)22(16(4)35-19-9-7-8-18(26)12-19)36-25(31)15(3)28-24(30)21-23(34-13-33-17(5)29)20(32-6)10-11-27-21/h7-12,14-16,22H,13H2,1-6H3,(H,28,30)/t15-,16-,22?/m0/s1. The number of carbonyl (C=O) groups is 3. The van der Waals surface area contributed by atoms with E-state index in [0.29, 0.717) is 5.75 Å². The van der Waals surface area contributed by atoms with Crippen molar-refractivity contribution in [3.8, 4) is 17.2 Å². The minimum absolute atomic E-state index is 0.0588. The van der Waals surface area contributed by atoms with E-state index in [1.807, 2.05) is 13.8 Å². The number of rotatable bonds is 12. The topological polar surface area (TPSA) is 122 Å². The Balaban J connectivity index is 2.09. The summed E-state index contributed by atoms with van der Waals surface area (Å²) in [5.74, 6) is -2.18. The molecule has 196 valence electrons. The van der Waals surface area contributed by atoms with Gasteiger partial charge in [0.1, 0.15) is 29.8 Å². The fraction of sp³-hybridized carbons (Fsp3) is 0.440. The summed E-state index contributed by atoms with van der Waals surface area (Å²) in [5, 5.41) is 2.52. The molecule has 0 aliphatic carbocycles. The third-order valence-electron chi connectivity index (χ3n) is 4.96. The van der Waals surface area contributed by atoms with Gasteiger partial charge in [-0.1, -0.05) is 19.9 Å². The molecule has 1 heterocycles. The van der Waals surface area contributed by atoms with Crippen molar-refractivity contribution in [2.75, 3.05) is 13.9 Å². The van der Waals surface area contributed by atoms with Crippen molar-refractivity contribution >= 4 is 17.8 Å². The second-order valence-electron chi connectivity index (χ2n) is 8.21. The molecule has 1 aromatic heterocycles. The molecular weight excluding hydrogens is 475 g/mol. The van der Waals surface area contributed by atoms with E-state index >= 15 is 0 Å². The maximum Gasteiger partial charge on any atom is 0.328 e. The summed E-state index contributed by atoms with van der Waals surface area (Å²) in [4.78, 5) is 40.7. The minimum atomic E-state index is -1.06. The molecule has 0 aliphatic rings. The van der Waals surface area contributed by atoms with E-state index in [1.165, 1.54) is 51.4 Å². The number of esters is 2. The molecule has 1 aromatic carbocycles. The maximum absolute atomic E-state index is 13.5. The van der Waals surface area contributed by atoms with Gasteiger partial charge in [-0.25, -0.2) is 14.2 Å². The van der Waals surface area contributed by atoms with Crippen molar-refractivity contribution in [3.05, 3.63) is 48.0 Å². The number of hydrogen-bond donors (Lipinski definition) is 1. The number of amides is 1. The predicted molar refractivity (Wildman–Crippen MR) is 126 cm³/mol. The Morgan fingerprint density at radius 3 is 2.44 bits per heavy atom. The first-order valence-corrected chi connectivity index (χ1v) is 11.3. The van der Waals surface area contributed by atoms with E-state index in [0.717, 1.165) is 0 Å². The van der Waals surface area contributed by atoms with Gasteiger partial charge in [0, 0.05) is 25.3 Å². The fourth-order valence-corrected chi connectivity index (χ4v) is 3.22. The summed E-state index contributed by atoms with van der Waals surface area (Å²) in [7, 11) is 1.37. The number of nitrogens with one attached hydrogen (secondary N) is 1. The molecule has 2 aromatic rings. The van der Waals surface area contributed by atoms with Gasteiger partial charge in [-0.05, 0) is 31.9 Å². The molecule has 11 heteroatoms. The zero-order valence-electron chi connectivity index (χ0n) is 21.1. The first-order valence-electron chi connectivity index (χ1n) is 11.3. The van der Waals surface area contributed by atoms with Crippen molar-refractivity contribution in [3.63, 3.8) is 0 Å². The quantitative estimate of drug-likeness (QED) is 0.341. The highest BCUT2D eigenvalue weighted by molar-refractivity contribution is 5.98. The Hall–Kier alpha value is -3.89. The summed E-state index contributed by atoms with van der Waals surface area (Å²) < 4.78 is 40.2. The summed E-state index contributed by atoms with van der Waals surface area (Å²) in [6, 6.07) is 6.05. The summed E-state index contributed by atoms with van der Waals surface area (Å²) >= 11 is 0. The van der Waals surface area contributed by atoms with Crippen molar-refractivity contribution in [1.82, 2.24) is 10.3 Å². The average molecular weight is 507 g/mol. The summed E-state index contributed by atoms with van der Waals surface area (Å²) in [5.41, 5.74) is -0.177. The van der Waals surface area contributed by atoms with Crippen LogP contribution in [0.5, 0.6) is 17.2 Å². The average Bonchev–Trinajstić information content (AvgIpc) is 2.81. The van der Waals surface area contributed by atoms with Crippen molar-refractivity contribution in [1.29, 1.82) is 0 Å². The molecule has 2 rings (SSSR count). The SMILES string of the molecule is COc1ccnc(C(=O)N[C@@H](C)C(=O)OC(C(C)C)[C@H](C)Oc2cccc(F)c2)c1OCOC(C)=O.